The average Bonchev–Trinajstić information content (AvgIpc) is 2.46. The molecule has 0 atom stereocenters. The third kappa shape index (κ3) is 6.49. The van der Waals surface area contributed by atoms with E-state index in [1.54, 1.807) is 0 Å². The van der Waals surface area contributed by atoms with E-state index >= 15 is 0 Å². The second kappa shape index (κ2) is 9.23. The van der Waals surface area contributed by atoms with Crippen LogP contribution in [0.25, 0.3) is 0 Å². The Hall–Kier alpha value is -1.75. The van der Waals surface area contributed by atoms with Gasteiger partial charge in [0.2, 0.25) is 0 Å². The van der Waals surface area contributed by atoms with E-state index in [0.29, 0.717) is 6.54 Å². The van der Waals surface area contributed by atoms with Gasteiger partial charge in [-0.05, 0) is 38.6 Å². The Balaban J connectivity index is 2.21. The maximum atomic E-state index is 11.6. The molecule has 0 aromatic heterocycles. The van der Waals surface area contributed by atoms with Crippen molar-refractivity contribution >= 4 is 6.03 Å². The third-order valence-electron chi connectivity index (χ3n) is 3.40. The summed E-state index contributed by atoms with van der Waals surface area (Å²) in [7, 11) is 0. The molecule has 0 fully saturated rings. The minimum absolute atomic E-state index is 0.168. The van der Waals surface area contributed by atoms with Gasteiger partial charge in [0.1, 0.15) is 5.75 Å². The van der Waals surface area contributed by atoms with Crippen LogP contribution >= 0.6 is 0 Å². The number of ether oxygens (including phenoxy) is 1. The van der Waals surface area contributed by atoms with Gasteiger partial charge in [0, 0.05) is 13.1 Å². The first-order chi connectivity index (χ1) is 10.1. The smallest absolute Gasteiger partial charge is 0.317 e. The molecule has 5 heteroatoms. The number of benzene rings is 1. The fraction of sp³-hybridized carbons (Fsp3) is 0.562. The molecule has 0 saturated carbocycles. The van der Waals surface area contributed by atoms with Crippen molar-refractivity contribution in [2.75, 3.05) is 32.9 Å². The summed E-state index contributed by atoms with van der Waals surface area (Å²) in [5.41, 5.74) is 2.26. The highest BCUT2D eigenvalue weighted by atomic mass is 16.5. The number of amides is 2. The first kappa shape index (κ1) is 17.3. The van der Waals surface area contributed by atoms with Crippen LogP contribution in [0.5, 0.6) is 5.75 Å². The molecule has 0 unspecified atom stereocenters. The Morgan fingerprint density at radius 3 is 2.52 bits per heavy atom. The number of aryl methyl sites for hydroxylation is 2. The van der Waals surface area contributed by atoms with Crippen LogP contribution in [0.1, 0.15) is 25.0 Å². The molecule has 0 bridgehead atoms. The van der Waals surface area contributed by atoms with Gasteiger partial charge in [-0.15, -0.1) is 0 Å². The first-order valence-corrected chi connectivity index (χ1v) is 7.50. The van der Waals surface area contributed by atoms with Crippen LogP contribution in [-0.4, -0.2) is 43.8 Å². The van der Waals surface area contributed by atoms with E-state index in [9.17, 15) is 4.79 Å². The highest BCUT2D eigenvalue weighted by Gasteiger charge is 2.03. The molecule has 0 aliphatic rings. The number of nitrogens with zero attached hydrogens (tertiary/aromatic N) is 1. The minimum Gasteiger partial charge on any atom is -0.473 e. The molecule has 5 nitrogen and oxygen atoms in total. The lowest BCUT2D eigenvalue weighted by atomic mass is 10.1. The number of carbonyl (C=O) groups is 1. The molecule has 0 heterocycles. The van der Waals surface area contributed by atoms with Gasteiger partial charge >= 0.3 is 6.03 Å². The van der Waals surface area contributed by atoms with Crippen LogP contribution in [0.3, 0.4) is 0 Å². The van der Waals surface area contributed by atoms with Crippen molar-refractivity contribution in [1.82, 2.24) is 15.5 Å². The Kier molecular flexibility index (Phi) is 7.61. The van der Waals surface area contributed by atoms with Crippen molar-refractivity contribution in [3.8, 4) is 5.75 Å². The van der Waals surface area contributed by atoms with Crippen molar-refractivity contribution in [1.29, 1.82) is 0 Å². The summed E-state index contributed by atoms with van der Waals surface area (Å²) in [6.07, 6.45) is 0. The van der Waals surface area contributed by atoms with Gasteiger partial charge < -0.3 is 20.3 Å². The predicted molar refractivity (Wildman–Crippen MR) is 85.7 cm³/mol. The largest absolute Gasteiger partial charge is 0.473 e. The molecule has 0 saturated heterocycles. The molecule has 0 aliphatic heterocycles. The average molecular weight is 293 g/mol. The van der Waals surface area contributed by atoms with Crippen molar-refractivity contribution in [3.05, 3.63) is 29.3 Å². The predicted octanol–water partition coefficient (Wildman–Crippen LogP) is 2.28. The summed E-state index contributed by atoms with van der Waals surface area (Å²) in [6, 6.07) is 5.77. The lowest BCUT2D eigenvalue weighted by molar-refractivity contribution is 0.221. The highest BCUT2D eigenvalue weighted by molar-refractivity contribution is 5.73. The summed E-state index contributed by atoms with van der Waals surface area (Å²) in [5.74, 6) is 0.795. The number of hydrogen-bond donors (Lipinski definition) is 2. The summed E-state index contributed by atoms with van der Waals surface area (Å²) in [5, 5.41) is 5.51. The van der Waals surface area contributed by atoms with E-state index in [4.69, 9.17) is 4.74 Å². The lowest BCUT2D eigenvalue weighted by Crippen LogP contribution is -2.41. The normalized spacial score (nSPS) is 10.5. The molecule has 1 aromatic rings. The SMILES string of the molecule is CCN(CC)CCNC(=O)NCOc1ccc(C)cc1C. The van der Waals surface area contributed by atoms with E-state index < -0.39 is 0 Å². The monoisotopic (exact) mass is 293 g/mol. The molecule has 21 heavy (non-hydrogen) atoms. The second-order valence-electron chi connectivity index (χ2n) is 5.02. The quantitative estimate of drug-likeness (QED) is 0.723. The molecule has 1 rings (SSSR count). The van der Waals surface area contributed by atoms with Gasteiger partial charge in [-0.3, -0.25) is 0 Å². The van der Waals surface area contributed by atoms with Gasteiger partial charge in [0.05, 0.1) is 0 Å². The Bertz CT molecular complexity index is 445. The standard InChI is InChI=1S/C16H27N3O2/c1-5-19(6-2)10-9-17-16(20)18-12-21-15-8-7-13(3)11-14(15)4/h7-8,11H,5-6,9-10,12H2,1-4H3,(H2,17,18,20). The lowest BCUT2D eigenvalue weighted by Gasteiger charge is -2.18. The van der Waals surface area contributed by atoms with Crippen LogP contribution in [0.2, 0.25) is 0 Å². The van der Waals surface area contributed by atoms with E-state index in [0.717, 1.165) is 30.9 Å². The number of nitrogens with one attached hydrogen (secondary N) is 2. The number of hydrogen-bond acceptors (Lipinski definition) is 3. The zero-order valence-electron chi connectivity index (χ0n) is 13.5. The Labute approximate surface area is 127 Å². The maximum absolute atomic E-state index is 11.6. The van der Waals surface area contributed by atoms with E-state index in [1.807, 2.05) is 26.0 Å². The van der Waals surface area contributed by atoms with Gasteiger partial charge in [0.15, 0.2) is 6.73 Å². The first-order valence-electron chi connectivity index (χ1n) is 7.50. The molecule has 0 spiro atoms. The fourth-order valence-electron chi connectivity index (χ4n) is 2.07. The summed E-state index contributed by atoms with van der Waals surface area (Å²) in [6.45, 7) is 11.9. The number of rotatable bonds is 8. The van der Waals surface area contributed by atoms with Gasteiger partial charge in [-0.25, -0.2) is 4.79 Å². The Morgan fingerprint density at radius 1 is 1.19 bits per heavy atom. The topological polar surface area (TPSA) is 53.6 Å². The molecule has 2 N–H and O–H groups in total. The zero-order chi connectivity index (χ0) is 15.7. The summed E-state index contributed by atoms with van der Waals surface area (Å²) in [4.78, 5) is 13.9. The molecular formula is C16H27N3O2. The van der Waals surface area contributed by atoms with Gasteiger partial charge in [-0.2, -0.15) is 0 Å². The van der Waals surface area contributed by atoms with Crippen LogP contribution in [0.4, 0.5) is 4.79 Å². The minimum atomic E-state index is -0.202. The zero-order valence-corrected chi connectivity index (χ0v) is 13.5. The number of urea groups is 1. The highest BCUT2D eigenvalue weighted by Crippen LogP contribution is 2.18. The molecule has 0 radical (unpaired) electrons. The number of likely N-dealkylation sites (N-methyl/N-ethyl adjacent to an activating group) is 1. The van der Waals surface area contributed by atoms with Crippen LogP contribution in [-0.2, 0) is 0 Å². The number of carbonyl (C=O) groups excluding carboxylic acids is 1. The van der Waals surface area contributed by atoms with Gasteiger partial charge in [-0.1, -0.05) is 31.5 Å². The molecule has 1 aromatic carbocycles. The maximum Gasteiger partial charge on any atom is 0.317 e. The molecule has 118 valence electrons. The molecular weight excluding hydrogens is 266 g/mol. The van der Waals surface area contributed by atoms with Crippen LogP contribution in [0.15, 0.2) is 18.2 Å². The second-order valence-corrected chi connectivity index (χ2v) is 5.02. The van der Waals surface area contributed by atoms with Crippen LogP contribution in [0, 0.1) is 13.8 Å². The Morgan fingerprint density at radius 2 is 1.90 bits per heavy atom. The van der Waals surface area contributed by atoms with E-state index in [-0.39, 0.29) is 12.8 Å². The summed E-state index contributed by atoms with van der Waals surface area (Å²) < 4.78 is 5.55. The van der Waals surface area contributed by atoms with Crippen molar-refractivity contribution in [2.45, 2.75) is 27.7 Å². The van der Waals surface area contributed by atoms with Crippen molar-refractivity contribution < 1.29 is 9.53 Å². The van der Waals surface area contributed by atoms with Gasteiger partial charge in [0.25, 0.3) is 0 Å². The fourth-order valence-corrected chi connectivity index (χ4v) is 2.07. The van der Waals surface area contributed by atoms with Crippen molar-refractivity contribution in [3.63, 3.8) is 0 Å². The third-order valence-corrected chi connectivity index (χ3v) is 3.40. The molecule has 0 aliphatic carbocycles. The van der Waals surface area contributed by atoms with Crippen molar-refractivity contribution in [2.24, 2.45) is 0 Å². The van der Waals surface area contributed by atoms with Crippen LogP contribution < -0.4 is 15.4 Å². The summed E-state index contributed by atoms with van der Waals surface area (Å²) >= 11 is 0. The van der Waals surface area contributed by atoms with E-state index in [2.05, 4.69) is 35.4 Å². The molecule has 2 amide bonds. The van der Waals surface area contributed by atoms with E-state index in [1.165, 1.54) is 5.56 Å².